The number of hydrogen-bond acceptors (Lipinski definition) is 4. The molecule has 2 amide bonds. The second-order valence-corrected chi connectivity index (χ2v) is 7.34. The molecule has 6 nitrogen and oxygen atoms in total. The van der Waals surface area contributed by atoms with Crippen molar-refractivity contribution in [3.63, 3.8) is 0 Å². The van der Waals surface area contributed by atoms with Gasteiger partial charge in [-0.3, -0.25) is 9.59 Å². The topological polar surface area (TPSA) is 67.9 Å². The Morgan fingerprint density at radius 2 is 1.73 bits per heavy atom. The van der Waals surface area contributed by atoms with Crippen LogP contribution in [0.3, 0.4) is 0 Å². The van der Waals surface area contributed by atoms with Gasteiger partial charge < -0.3 is 19.7 Å². The molecule has 1 N–H and O–H groups in total. The first-order valence-corrected chi connectivity index (χ1v) is 9.99. The van der Waals surface area contributed by atoms with E-state index in [1.807, 2.05) is 60.7 Å². The Hall–Kier alpha value is -3.54. The molecule has 1 atom stereocenters. The van der Waals surface area contributed by atoms with Crippen LogP contribution in [0.2, 0.25) is 0 Å². The Morgan fingerprint density at radius 3 is 2.57 bits per heavy atom. The van der Waals surface area contributed by atoms with Crippen molar-refractivity contribution in [2.24, 2.45) is 0 Å². The highest BCUT2D eigenvalue weighted by atomic mass is 16.6. The molecule has 1 aliphatic rings. The molecule has 1 aliphatic heterocycles. The van der Waals surface area contributed by atoms with Crippen LogP contribution in [0, 0.1) is 0 Å². The lowest BCUT2D eigenvalue weighted by Crippen LogP contribution is -2.42. The standard InChI is InChI=1S/C24H24N2O4/c1-26(15-20-16-29-21-8-4-5-9-22(21)30-20)23(27)12-13-25-24(28)19-11-10-17-6-2-3-7-18(17)14-19/h2-11,14,20H,12-13,15-16H2,1H3,(H,25,28). The van der Waals surface area contributed by atoms with Gasteiger partial charge in [0.05, 0.1) is 6.54 Å². The predicted molar refractivity (Wildman–Crippen MR) is 115 cm³/mol. The maximum absolute atomic E-state index is 12.4. The highest BCUT2D eigenvalue weighted by molar-refractivity contribution is 5.98. The van der Waals surface area contributed by atoms with Crippen molar-refractivity contribution in [2.45, 2.75) is 12.5 Å². The summed E-state index contributed by atoms with van der Waals surface area (Å²) in [6.07, 6.45) is 0.000949. The van der Waals surface area contributed by atoms with E-state index in [0.29, 0.717) is 24.5 Å². The number of hydrogen-bond donors (Lipinski definition) is 1. The lowest BCUT2D eigenvalue weighted by Gasteiger charge is -2.29. The molecule has 0 saturated heterocycles. The minimum atomic E-state index is -0.221. The summed E-state index contributed by atoms with van der Waals surface area (Å²) in [5, 5.41) is 4.92. The Morgan fingerprint density at radius 1 is 1.00 bits per heavy atom. The van der Waals surface area contributed by atoms with Crippen LogP contribution in [0.15, 0.2) is 66.7 Å². The number of carbonyl (C=O) groups is 2. The van der Waals surface area contributed by atoms with E-state index in [1.54, 1.807) is 18.0 Å². The summed E-state index contributed by atoms with van der Waals surface area (Å²) < 4.78 is 11.6. The van der Waals surface area contributed by atoms with E-state index in [1.165, 1.54) is 0 Å². The van der Waals surface area contributed by atoms with E-state index in [4.69, 9.17) is 9.47 Å². The SMILES string of the molecule is CN(CC1COc2ccccc2O1)C(=O)CCNC(=O)c1ccc2ccccc2c1. The van der Waals surface area contributed by atoms with Crippen molar-refractivity contribution in [1.29, 1.82) is 0 Å². The molecule has 1 unspecified atom stereocenters. The molecule has 4 rings (SSSR count). The summed E-state index contributed by atoms with van der Waals surface area (Å²) in [5.41, 5.74) is 0.584. The molecule has 0 fully saturated rings. The van der Waals surface area contributed by atoms with Gasteiger partial charge in [0.25, 0.3) is 5.91 Å². The van der Waals surface area contributed by atoms with E-state index < -0.39 is 0 Å². The molecule has 30 heavy (non-hydrogen) atoms. The summed E-state index contributed by atoms with van der Waals surface area (Å²) in [7, 11) is 1.73. The molecular weight excluding hydrogens is 380 g/mol. The zero-order chi connectivity index (χ0) is 20.9. The lowest BCUT2D eigenvalue weighted by molar-refractivity contribution is -0.131. The third-order valence-corrected chi connectivity index (χ3v) is 5.11. The van der Waals surface area contributed by atoms with Gasteiger partial charge in [-0.05, 0) is 35.0 Å². The number of ether oxygens (including phenoxy) is 2. The lowest BCUT2D eigenvalue weighted by atomic mass is 10.1. The van der Waals surface area contributed by atoms with Crippen LogP contribution in [0.1, 0.15) is 16.8 Å². The summed E-state index contributed by atoms with van der Waals surface area (Å²) in [4.78, 5) is 26.4. The first kappa shape index (κ1) is 19.8. The molecule has 1 heterocycles. The third-order valence-electron chi connectivity index (χ3n) is 5.11. The number of likely N-dealkylation sites (N-methyl/N-ethyl adjacent to an activating group) is 1. The molecule has 0 radical (unpaired) electrons. The van der Waals surface area contributed by atoms with Gasteiger partial charge in [-0.1, -0.05) is 42.5 Å². The van der Waals surface area contributed by atoms with Crippen LogP contribution in [0.4, 0.5) is 0 Å². The van der Waals surface area contributed by atoms with Crippen LogP contribution in [-0.4, -0.2) is 49.6 Å². The van der Waals surface area contributed by atoms with Gasteiger partial charge in [-0.15, -0.1) is 0 Å². The minimum Gasteiger partial charge on any atom is -0.486 e. The summed E-state index contributed by atoms with van der Waals surface area (Å²) >= 11 is 0. The first-order valence-electron chi connectivity index (χ1n) is 9.99. The molecule has 6 heteroatoms. The van der Waals surface area contributed by atoms with Crippen LogP contribution < -0.4 is 14.8 Å². The smallest absolute Gasteiger partial charge is 0.251 e. The van der Waals surface area contributed by atoms with Crippen molar-refractivity contribution >= 4 is 22.6 Å². The molecular formula is C24H24N2O4. The van der Waals surface area contributed by atoms with Gasteiger partial charge >= 0.3 is 0 Å². The van der Waals surface area contributed by atoms with Gasteiger partial charge in [0.15, 0.2) is 17.6 Å². The van der Waals surface area contributed by atoms with Crippen LogP contribution in [0.25, 0.3) is 10.8 Å². The number of amides is 2. The van der Waals surface area contributed by atoms with Crippen LogP contribution >= 0.6 is 0 Å². The van der Waals surface area contributed by atoms with Crippen molar-refractivity contribution < 1.29 is 19.1 Å². The number of nitrogens with zero attached hydrogens (tertiary/aromatic N) is 1. The van der Waals surface area contributed by atoms with Crippen molar-refractivity contribution in [1.82, 2.24) is 10.2 Å². The first-order chi connectivity index (χ1) is 14.6. The van der Waals surface area contributed by atoms with Gasteiger partial charge in [0.2, 0.25) is 5.91 Å². The van der Waals surface area contributed by atoms with Crippen LogP contribution in [0.5, 0.6) is 11.5 Å². The van der Waals surface area contributed by atoms with E-state index in [-0.39, 0.29) is 30.9 Å². The normalized spacial score (nSPS) is 14.9. The average Bonchev–Trinajstić information content (AvgIpc) is 2.78. The van der Waals surface area contributed by atoms with E-state index in [0.717, 1.165) is 16.5 Å². The Labute approximate surface area is 175 Å². The molecule has 0 aromatic heterocycles. The number of fused-ring (bicyclic) bond motifs is 2. The third kappa shape index (κ3) is 4.54. The van der Waals surface area contributed by atoms with Gasteiger partial charge in [-0.25, -0.2) is 0 Å². The van der Waals surface area contributed by atoms with Gasteiger partial charge in [0, 0.05) is 25.6 Å². The maximum atomic E-state index is 12.4. The second kappa shape index (κ2) is 8.86. The highest BCUT2D eigenvalue weighted by Crippen LogP contribution is 2.30. The van der Waals surface area contributed by atoms with E-state index >= 15 is 0 Å². The zero-order valence-electron chi connectivity index (χ0n) is 16.8. The molecule has 0 bridgehead atoms. The number of carbonyl (C=O) groups excluding carboxylic acids is 2. The summed E-state index contributed by atoms with van der Waals surface area (Å²) in [6.45, 7) is 1.10. The number of benzene rings is 3. The maximum Gasteiger partial charge on any atom is 0.251 e. The molecule has 3 aromatic rings. The quantitative estimate of drug-likeness (QED) is 0.685. The monoisotopic (exact) mass is 404 g/mol. The molecule has 0 aliphatic carbocycles. The van der Waals surface area contributed by atoms with E-state index in [2.05, 4.69) is 5.32 Å². The van der Waals surface area contributed by atoms with Crippen LogP contribution in [-0.2, 0) is 4.79 Å². The fourth-order valence-electron chi connectivity index (χ4n) is 3.47. The molecule has 0 spiro atoms. The molecule has 3 aromatic carbocycles. The van der Waals surface area contributed by atoms with Crippen molar-refractivity contribution in [2.75, 3.05) is 26.7 Å². The zero-order valence-corrected chi connectivity index (χ0v) is 16.8. The van der Waals surface area contributed by atoms with Gasteiger partial charge in [-0.2, -0.15) is 0 Å². The second-order valence-electron chi connectivity index (χ2n) is 7.34. The minimum absolute atomic E-state index is 0.0590. The Balaban J connectivity index is 1.24. The predicted octanol–water partition coefficient (Wildman–Crippen LogP) is 3.26. The fourth-order valence-corrected chi connectivity index (χ4v) is 3.47. The molecule has 154 valence electrons. The van der Waals surface area contributed by atoms with Gasteiger partial charge in [0.1, 0.15) is 6.61 Å². The highest BCUT2D eigenvalue weighted by Gasteiger charge is 2.23. The van der Waals surface area contributed by atoms with E-state index in [9.17, 15) is 9.59 Å². The Kier molecular flexibility index (Phi) is 5.84. The number of nitrogens with one attached hydrogen (secondary N) is 1. The van der Waals surface area contributed by atoms with Crippen molar-refractivity contribution in [3.05, 3.63) is 72.3 Å². The largest absolute Gasteiger partial charge is 0.486 e. The molecule has 0 saturated carbocycles. The summed E-state index contributed by atoms with van der Waals surface area (Å²) in [6, 6.07) is 21.0. The van der Waals surface area contributed by atoms with Crippen molar-refractivity contribution in [3.8, 4) is 11.5 Å². The number of para-hydroxylation sites is 2. The summed E-state index contributed by atoms with van der Waals surface area (Å²) in [5.74, 6) is 1.17. The Bertz CT molecular complexity index is 1070. The average molecular weight is 404 g/mol. The number of rotatable bonds is 6. The fraction of sp³-hybridized carbons (Fsp3) is 0.250.